The highest BCUT2D eigenvalue weighted by Crippen LogP contribution is 2.20. The van der Waals surface area contributed by atoms with Gasteiger partial charge in [0, 0.05) is 28.3 Å². The van der Waals surface area contributed by atoms with Gasteiger partial charge in [-0.3, -0.25) is 0 Å². The number of nitrogens with one attached hydrogen (secondary N) is 2. The van der Waals surface area contributed by atoms with Gasteiger partial charge in [0.25, 0.3) is 0 Å². The summed E-state index contributed by atoms with van der Waals surface area (Å²) in [4.78, 5) is 3.40. The van der Waals surface area contributed by atoms with Crippen LogP contribution in [0.5, 0.6) is 0 Å². The Bertz CT molecular complexity index is 460. The van der Waals surface area contributed by atoms with Crippen molar-refractivity contribution in [3.05, 3.63) is 34.4 Å². The van der Waals surface area contributed by atoms with Gasteiger partial charge in [0.05, 0.1) is 0 Å². The van der Waals surface area contributed by atoms with Gasteiger partial charge >= 0.3 is 0 Å². The lowest BCUT2D eigenvalue weighted by molar-refractivity contribution is 0.583. The van der Waals surface area contributed by atoms with Crippen molar-refractivity contribution in [1.29, 1.82) is 0 Å². The van der Waals surface area contributed by atoms with Crippen LogP contribution in [-0.4, -0.2) is 11.0 Å². The summed E-state index contributed by atoms with van der Waals surface area (Å²) in [6.45, 7) is 5.20. The first-order valence-electron chi connectivity index (χ1n) is 5.15. The fraction of sp³-hybridized carbons (Fsp3) is 0.333. The molecule has 0 unspecified atom stereocenters. The molecule has 2 aromatic rings. The molecule has 0 saturated heterocycles. The monoisotopic (exact) mass is 266 g/mol. The number of H-pyrrole nitrogens is 1. The molecule has 0 saturated carbocycles. The van der Waals surface area contributed by atoms with E-state index in [0.29, 0.717) is 6.04 Å². The van der Waals surface area contributed by atoms with Crippen LogP contribution in [0.15, 0.2) is 28.7 Å². The third kappa shape index (κ3) is 2.61. The van der Waals surface area contributed by atoms with Crippen LogP contribution in [0.2, 0.25) is 0 Å². The molecule has 0 radical (unpaired) electrons. The largest absolute Gasteiger partial charge is 0.357 e. The van der Waals surface area contributed by atoms with Gasteiger partial charge in [-0.1, -0.05) is 35.8 Å². The maximum atomic E-state index is 3.47. The van der Waals surface area contributed by atoms with E-state index in [2.05, 4.69) is 64.3 Å². The molecule has 1 aromatic heterocycles. The lowest BCUT2D eigenvalue weighted by atomic mass is 10.2. The number of halogens is 1. The van der Waals surface area contributed by atoms with Crippen LogP contribution < -0.4 is 5.32 Å². The second-order valence-corrected chi connectivity index (χ2v) is 4.98. The van der Waals surface area contributed by atoms with Gasteiger partial charge in [0.2, 0.25) is 0 Å². The first-order valence-corrected chi connectivity index (χ1v) is 5.95. The Morgan fingerprint density at radius 1 is 1.33 bits per heavy atom. The van der Waals surface area contributed by atoms with E-state index in [1.165, 1.54) is 16.6 Å². The smallest absolute Gasteiger partial charge is 0.0467 e. The van der Waals surface area contributed by atoms with Crippen molar-refractivity contribution in [2.75, 3.05) is 0 Å². The normalized spacial score (nSPS) is 11.5. The molecule has 0 aliphatic rings. The summed E-state index contributed by atoms with van der Waals surface area (Å²) >= 11 is 3.47. The maximum absolute atomic E-state index is 3.47. The SMILES string of the molecule is CC(C)NCc1cc2ccc(Br)cc2[nH]1. The molecule has 0 bridgehead atoms. The number of benzene rings is 1. The van der Waals surface area contributed by atoms with Crippen molar-refractivity contribution >= 4 is 26.8 Å². The van der Waals surface area contributed by atoms with Crippen LogP contribution in [0.25, 0.3) is 10.9 Å². The number of hydrogen-bond donors (Lipinski definition) is 2. The van der Waals surface area contributed by atoms with Gasteiger partial charge in [0.1, 0.15) is 0 Å². The summed E-state index contributed by atoms with van der Waals surface area (Å²) < 4.78 is 1.11. The predicted octanol–water partition coefficient (Wildman–Crippen LogP) is 3.43. The minimum Gasteiger partial charge on any atom is -0.357 e. The van der Waals surface area contributed by atoms with Crippen molar-refractivity contribution in [3.63, 3.8) is 0 Å². The summed E-state index contributed by atoms with van der Waals surface area (Å²) in [5, 5.41) is 4.66. The zero-order valence-electron chi connectivity index (χ0n) is 8.97. The van der Waals surface area contributed by atoms with Crippen molar-refractivity contribution in [2.45, 2.75) is 26.4 Å². The molecule has 0 atom stereocenters. The van der Waals surface area contributed by atoms with E-state index in [4.69, 9.17) is 0 Å². The Kier molecular flexibility index (Phi) is 3.12. The van der Waals surface area contributed by atoms with Crippen LogP contribution in [0.3, 0.4) is 0 Å². The Morgan fingerprint density at radius 3 is 2.87 bits per heavy atom. The summed E-state index contributed by atoms with van der Waals surface area (Å²) in [5.41, 5.74) is 2.42. The van der Waals surface area contributed by atoms with Crippen molar-refractivity contribution < 1.29 is 0 Å². The average Bonchev–Trinajstić information content (AvgIpc) is 2.56. The molecular weight excluding hydrogens is 252 g/mol. The van der Waals surface area contributed by atoms with E-state index < -0.39 is 0 Å². The zero-order chi connectivity index (χ0) is 10.8. The number of fused-ring (bicyclic) bond motifs is 1. The van der Waals surface area contributed by atoms with Gasteiger partial charge in [-0.15, -0.1) is 0 Å². The molecule has 15 heavy (non-hydrogen) atoms. The lowest BCUT2D eigenvalue weighted by Crippen LogP contribution is -2.21. The van der Waals surface area contributed by atoms with Gasteiger partial charge in [-0.2, -0.15) is 0 Å². The molecule has 80 valence electrons. The Labute approximate surface area is 98.2 Å². The molecule has 0 fully saturated rings. The molecule has 1 heterocycles. The summed E-state index contributed by atoms with van der Waals surface area (Å²) in [7, 11) is 0. The summed E-state index contributed by atoms with van der Waals surface area (Å²) in [5.74, 6) is 0. The molecule has 2 nitrogen and oxygen atoms in total. The fourth-order valence-electron chi connectivity index (χ4n) is 1.57. The van der Waals surface area contributed by atoms with Crippen molar-refractivity contribution in [2.24, 2.45) is 0 Å². The van der Waals surface area contributed by atoms with Crippen LogP contribution >= 0.6 is 15.9 Å². The summed E-state index contributed by atoms with van der Waals surface area (Å²) in [6.07, 6.45) is 0. The molecular formula is C12H15BrN2. The standard InChI is InChI=1S/C12H15BrN2/c1-8(2)14-7-11-5-9-3-4-10(13)6-12(9)15-11/h3-6,8,14-15H,7H2,1-2H3. The molecule has 0 aliphatic carbocycles. The molecule has 2 rings (SSSR count). The van der Waals surface area contributed by atoms with Crippen LogP contribution in [0.4, 0.5) is 0 Å². The number of aromatic nitrogens is 1. The Hall–Kier alpha value is -0.800. The van der Waals surface area contributed by atoms with E-state index in [-0.39, 0.29) is 0 Å². The topological polar surface area (TPSA) is 27.8 Å². The van der Waals surface area contributed by atoms with Gasteiger partial charge in [0.15, 0.2) is 0 Å². The Morgan fingerprint density at radius 2 is 2.13 bits per heavy atom. The number of rotatable bonds is 3. The molecule has 2 N–H and O–H groups in total. The van der Waals surface area contributed by atoms with Crippen LogP contribution in [-0.2, 0) is 6.54 Å². The second-order valence-electron chi connectivity index (χ2n) is 4.06. The number of hydrogen-bond acceptors (Lipinski definition) is 1. The molecule has 1 aromatic carbocycles. The third-order valence-corrected chi connectivity index (χ3v) is 2.83. The first kappa shape index (κ1) is 10.7. The highest BCUT2D eigenvalue weighted by molar-refractivity contribution is 9.10. The highest BCUT2D eigenvalue weighted by atomic mass is 79.9. The second kappa shape index (κ2) is 4.37. The fourth-order valence-corrected chi connectivity index (χ4v) is 1.93. The minimum absolute atomic E-state index is 0.517. The third-order valence-electron chi connectivity index (χ3n) is 2.34. The average molecular weight is 267 g/mol. The van der Waals surface area contributed by atoms with E-state index in [1.54, 1.807) is 0 Å². The predicted molar refractivity (Wildman–Crippen MR) is 68.0 cm³/mol. The summed E-state index contributed by atoms with van der Waals surface area (Å²) in [6, 6.07) is 9.00. The minimum atomic E-state index is 0.517. The molecule has 3 heteroatoms. The van der Waals surface area contributed by atoms with E-state index in [0.717, 1.165) is 11.0 Å². The van der Waals surface area contributed by atoms with Gasteiger partial charge < -0.3 is 10.3 Å². The molecule has 0 spiro atoms. The van der Waals surface area contributed by atoms with Crippen LogP contribution in [0, 0.1) is 0 Å². The first-order chi connectivity index (χ1) is 7.15. The molecule has 0 amide bonds. The quantitative estimate of drug-likeness (QED) is 0.876. The van der Waals surface area contributed by atoms with Crippen molar-refractivity contribution in [3.8, 4) is 0 Å². The lowest BCUT2D eigenvalue weighted by Gasteiger charge is -2.05. The molecule has 0 aliphatic heterocycles. The zero-order valence-corrected chi connectivity index (χ0v) is 10.6. The van der Waals surface area contributed by atoms with E-state index in [1.807, 2.05) is 0 Å². The Balaban J connectivity index is 2.23. The van der Waals surface area contributed by atoms with Crippen LogP contribution in [0.1, 0.15) is 19.5 Å². The van der Waals surface area contributed by atoms with Gasteiger partial charge in [-0.05, 0) is 23.6 Å². The maximum Gasteiger partial charge on any atom is 0.0467 e. The number of aromatic amines is 1. The van der Waals surface area contributed by atoms with Crippen molar-refractivity contribution in [1.82, 2.24) is 10.3 Å². The van der Waals surface area contributed by atoms with E-state index >= 15 is 0 Å². The van der Waals surface area contributed by atoms with Gasteiger partial charge in [-0.25, -0.2) is 0 Å². The van der Waals surface area contributed by atoms with E-state index in [9.17, 15) is 0 Å². The highest BCUT2D eigenvalue weighted by Gasteiger charge is 2.01.